The van der Waals surface area contributed by atoms with Crippen molar-refractivity contribution in [1.82, 2.24) is 5.32 Å². The quantitative estimate of drug-likeness (QED) is 0.700. The van der Waals surface area contributed by atoms with Gasteiger partial charge in [0, 0.05) is 24.0 Å². The summed E-state index contributed by atoms with van der Waals surface area (Å²) < 4.78 is 5.76. The largest absolute Gasteiger partial charge is 0.393 e. The van der Waals surface area contributed by atoms with Crippen LogP contribution in [0.3, 0.4) is 0 Å². The van der Waals surface area contributed by atoms with Gasteiger partial charge in [-0.3, -0.25) is 0 Å². The van der Waals surface area contributed by atoms with Crippen molar-refractivity contribution in [3.8, 4) is 0 Å². The Hall–Kier alpha value is -0.120. The Kier molecular flexibility index (Phi) is 3.57. The van der Waals surface area contributed by atoms with Gasteiger partial charge in [0.2, 0.25) is 0 Å². The molecule has 0 amide bonds. The summed E-state index contributed by atoms with van der Waals surface area (Å²) in [6.07, 6.45) is 3.47. The molecule has 0 bridgehead atoms. The van der Waals surface area contributed by atoms with Gasteiger partial charge in [0.25, 0.3) is 0 Å². The first-order valence-electron chi connectivity index (χ1n) is 6.56. The third kappa shape index (κ3) is 2.13. The van der Waals surface area contributed by atoms with Crippen molar-refractivity contribution in [2.24, 2.45) is 11.3 Å². The number of aliphatic hydroxyl groups excluding tert-OH is 1. The van der Waals surface area contributed by atoms with Crippen LogP contribution in [0.4, 0.5) is 0 Å². The third-order valence-corrected chi connectivity index (χ3v) is 4.26. The van der Waals surface area contributed by atoms with Crippen molar-refractivity contribution in [1.29, 1.82) is 0 Å². The second-order valence-electron chi connectivity index (χ2n) is 5.99. The fraction of sp³-hybridized carbons (Fsp3) is 1.00. The minimum absolute atomic E-state index is 0.168. The molecule has 2 aliphatic rings. The maximum atomic E-state index is 9.19. The molecular formula is C13H25NO2. The predicted molar refractivity (Wildman–Crippen MR) is 64.3 cm³/mol. The minimum Gasteiger partial charge on any atom is -0.393 e. The van der Waals surface area contributed by atoms with Gasteiger partial charge in [0.15, 0.2) is 0 Å². The Balaban J connectivity index is 1.73. The Morgan fingerprint density at radius 1 is 1.50 bits per heavy atom. The zero-order valence-electron chi connectivity index (χ0n) is 10.7. The summed E-state index contributed by atoms with van der Waals surface area (Å²) in [5, 5.41) is 12.8. The van der Waals surface area contributed by atoms with E-state index in [1.54, 1.807) is 0 Å². The first-order valence-corrected chi connectivity index (χ1v) is 6.56. The molecule has 4 unspecified atom stereocenters. The van der Waals surface area contributed by atoms with Crippen molar-refractivity contribution >= 4 is 0 Å². The molecule has 0 aromatic heterocycles. The normalized spacial score (nSPS) is 37.9. The highest BCUT2D eigenvalue weighted by atomic mass is 16.5. The Bertz CT molecular complexity index is 240. The van der Waals surface area contributed by atoms with Crippen LogP contribution in [0.25, 0.3) is 0 Å². The van der Waals surface area contributed by atoms with E-state index in [-0.39, 0.29) is 11.5 Å². The van der Waals surface area contributed by atoms with E-state index in [9.17, 15) is 5.11 Å². The van der Waals surface area contributed by atoms with Gasteiger partial charge in [-0.1, -0.05) is 13.8 Å². The Labute approximate surface area is 98.6 Å². The van der Waals surface area contributed by atoms with Crippen LogP contribution in [0, 0.1) is 11.3 Å². The molecule has 2 rings (SSSR count). The molecule has 1 saturated heterocycles. The lowest BCUT2D eigenvalue weighted by molar-refractivity contribution is -0.112. The number of ether oxygens (including phenoxy) is 1. The van der Waals surface area contributed by atoms with Crippen molar-refractivity contribution in [2.45, 2.75) is 58.3 Å². The molecule has 3 heteroatoms. The molecular weight excluding hydrogens is 202 g/mol. The molecule has 2 fully saturated rings. The molecule has 1 aliphatic heterocycles. The molecule has 1 heterocycles. The second-order valence-corrected chi connectivity index (χ2v) is 5.99. The van der Waals surface area contributed by atoms with Gasteiger partial charge in [-0.05, 0) is 32.7 Å². The molecule has 2 N–H and O–H groups in total. The molecule has 4 atom stereocenters. The van der Waals surface area contributed by atoms with Crippen LogP contribution in [0.5, 0.6) is 0 Å². The van der Waals surface area contributed by atoms with Gasteiger partial charge < -0.3 is 15.2 Å². The fourth-order valence-corrected chi connectivity index (χ4v) is 3.39. The van der Waals surface area contributed by atoms with Crippen LogP contribution >= 0.6 is 0 Å². The first-order chi connectivity index (χ1) is 7.53. The maximum Gasteiger partial charge on any atom is 0.0685 e. The number of aliphatic hydroxyl groups is 1. The lowest BCUT2D eigenvalue weighted by atomic mass is 9.57. The van der Waals surface area contributed by atoms with Gasteiger partial charge in [0.05, 0.1) is 12.2 Å². The molecule has 3 nitrogen and oxygen atoms in total. The van der Waals surface area contributed by atoms with E-state index in [1.807, 2.05) is 6.92 Å². The van der Waals surface area contributed by atoms with Gasteiger partial charge in [-0.2, -0.15) is 0 Å². The topological polar surface area (TPSA) is 41.5 Å². The standard InChI is InChI=1S/C13H25NO2/c1-9(15)5-4-7-14-11-10-6-8-16-12(10)13(11,2)3/h9-12,14-15H,4-8H2,1-3H3. The molecule has 0 aromatic rings. The summed E-state index contributed by atoms with van der Waals surface area (Å²) >= 11 is 0. The van der Waals surface area contributed by atoms with Gasteiger partial charge in [-0.15, -0.1) is 0 Å². The maximum absolute atomic E-state index is 9.19. The lowest BCUT2D eigenvalue weighted by Gasteiger charge is -2.55. The summed E-state index contributed by atoms with van der Waals surface area (Å²) in [6, 6.07) is 0.606. The molecule has 94 valence electrons. The van der Waals surface area contributed by atoms with E-state index in [1.165, 1.54) is 6.42 Å². The second kappa shape index (κ2) is 4.63. The predicted octanol–water partition coefficient (Wildman–Crippen LogP) is 1.55. The van der Waals surface area contributed by atoms with Crippen molar-refractivity contribution < 1.29 is 9.84 Å². The summed E-state index contributed by atoms with van der Waals surface area (Å²) in [7, 11) is 0. The van der Waals surface area contributed by atoms with Crippen LogP contribution < -0.4 is 5.32 Å². The number of rotatable bonds is 5. The fourth-order valence-electron chi connectivity index (χ4n) is 3.39. The van der Waals surface area contributed by atoms with Crippen molar-refractivity contribution in [3.63, 3.8) is 0 Å². The summed E-state index contributed by atoms with van der Waals surface area (Å²) in [6.45, 7) is 8.40. The van der Waals surface area contributed by atoms with E-state index in [0.717, 1.165) is 31.9 Å². The zero-order chi connectivity index (χ0) is 11.8. The third-order valence-electron chi connectivity index (χ3n) is 4.26. The van der Waals surface area contributed by atoms with E-state index in [4.69, 9.17) is 4.74 Å². The highest BCUT2D eigenvalue weighted by Crippen LogP contribution is 2.51. The average molecular weight is 227 g/mol. The van der Waals surface area contributed by atoms with E-state index in [2.05, 4.69) is 19.2 Å². The molecule has 16 heavy (non-hydrogen) atoms. The van der Waals surface area contributed by atoms with Crippen LogP contribution in [-0.2, 0) is 4.74 Å². The molecule has 1 saturated carbocycles. The zero-order valence-corrected chi connectivity index (χ0v) is 10.7. The monoisotopic (exact) mass is 227 g/mol. The van der Waals surface area contributed by atoms with Crippen LogP contribution in [-0.4, -0.2) is 36.5 Å². The molecule has 0 radical (unpaired) electrons. The van der Waals surface area contributed by atoms with Crippen molar-refractivity contribution in [3.05, 3.63) is 0 Å². The van der Waals surface area contributed by atoms with Crippen molar-refractivity contribution in [2.75, 3.05) is 13.2 Å². The van der Waals surface area contributed by atoms with Crippen LogP contribution in [0.1, 0.15) is 40.0 Å². The van der Waals surface area contributed by atoms with Crippen LogP contribution in [0.2, 0.25) is 0 Å². The number of nitrogens with one attached hydrogen (secondary N) is 1. The average Bonchev–Trinajstić information content (AvgIpc) is 2.63. The Morgan fingerprint density at radius 2 is 2.25 bits per heavy atom. The summed E-state index contributed by atoms with van der Waals surface area (Å²) in [5.74, 6) is 0.724. The summed E-state index contributed by atoms with van der Waals surface area (Å²) in [4.78, 5) is 0. The van der Waals surface area contributed by atoms with Crippen LogP contribution in [0.15, 0.2) is 0 Å². The highest BCUT2D eigenvalue weighted by Gasteiger charge is 2.58. The highest BCUT2D eigenvalue weighted by molar-refractivity contribution is 5.11. The number of fused-ring (bicyclic) bond motifs is 1. The Morgan fingerprint density at radius 3 is 2.94 bits per heavy atom. The first kappa shape index (κ1) is 12.3. The van der Waals surface area contributed by atoms with E-state index < -0.39 is 0 Å². The van der Waals surface area contributed by atoms with Gasteiger partial charge >= 0.3 is 0 Å². The SMILES string of the molecule is CC(O)CCCNC1C2CCOC2C1(C)C. The lowest BCUT2D eigenvalue weighted by Crippen LogP contribution is -2.65. The number of hydrogen-bond donors (Lipinski definition) is 2. The van der Waals surface area contributed by atoms with E-state index >= 15 is 0 Å². The smallest absolute Gasteiger partial charge is 0.0685 e. The molecule has 1 aliphatic carbocycles. The van der Waals surface area contributed by atoms with Gasteiger partial charge in [0.1, 0.15) is 0 Å². The minimum atomic E-state index is -0.168. The van der Waals surface area contributed by atoms with Gasteiger partial charge in [-0.25, -0.2) is 0 Å². The summed E-state index contributed by atoms with van der Waals surface area (Å²) in [5.41, 5.74) is 0.284. The van der Waals surface area contributed by atoms with E-state index in [0.29, 0.717) is 12.1 Å². The number of hydrogen-bond acceptors (Lipinski definition) is 3. The molecule has 0 spiro atoms. The molecule has 0 aromatic carbocycles.